The van der Waals surface area contributed by atoms with E-state index in [-0.39, 0.29) is 0 Å². The Balaban J connectivity index is 1.37. The summed E-state index contributed by atoms with van der Waals surface area (Å²) in [7, 11) is 0. The van der Waals surface area contributed by atoms with Crippen molar-refractivity contribution in [3.8, 4) is 10.7 Å². The Labute approximate surface area is 149 Å². The number of hydrogen-bond acceptors (Lipinski definition) is 6. The molecular weight excluding hydrogens is 338 g/mol. The van der Waals surface area contributed by atoms with Crippen LogP contribution in [0, 0.1) is 12.8 Å². The first kappa shape index (κ1) is 15.9. The van der Waals surface area contributed by atoms with Crippen LogP contribution in [0.15, 0.2) is 29.0 Å². The van der Waals surface area contributed by atoms with Gasteiger partial charge in [-0.05, 0) is 65.9 Å². The molecule has 0 aromatic carbocycles. The van der Waals surface area contributed by atoms with Crippen LogP contribution in [0.5, 0.6) is 0 Å². The molecule has 1 atom stereocenters. The second kappa shape index (κ2) is 7.13. The number of hydrogen-bond donors (Lipinski definition) is 0. The summed E-state index contributed by atoms with van der Waals surface area (Å²) in [5.74, 6) is 1.34. The standard InChI is InChI=1S/C17H21N5S2/c1-13-6-9-24-16(13)12-21-7-2-4-14(10-21)11-22-19-17(18-20-22)15-5-3-8-23-15/h3,5-6,8-9,14H,2,4,7,10-12H2,1H3/t14-/m1/s1. The Morgan fingerprint density at radius 3 is 3.00 bits per heavy atom. The number of piperidine rings is 1. The fraction of sp³-hybridized carbons (Fsp3) is 0.471. The molecule has 0 bridgehead atoms. The van der Waals surface area contributed by atoms with Gasteiger partial charge in [-0.15, -0.1) is 32.9 Å². The van der Waals surface area contributed by atoms with Crippen molar-refractivity contribution in [2.45, 2.75) is 32.9 Å². The van der Waals surface area contributed by atoms with Crippen LogP contribution in [-0.2, 0) is 13.1 Å². The quantitative estimate of drug-likeness (QED) is 0.697. The van der Waals surface area contributed by atoms with Gasteiger partial charge in [-0.3, -0.25) is 4.90 Å². The summed E-state index contributed by atoms with van der Waals surface area (Å²) >= 11 is 3.52. The van der Waals surface area contributed by atoms with Crippen molar-refractivity contribution in [3.05, 3.63) is 39.4 Å². The van der Waals surface area contributed by atoms with E-state index in [4.69, 9.17) is 0 Å². The molecule has 0 spiro atoms. The van der Waals surface area contributed by atoms with E-state index in [0.717, 1.165) is 30.3 Å². The highest BCUT2D eigenvalue weighted by molar-refractivity contribution is 7.13. The summed E-state index contributed by atoms with van der Waals surface area (Å²) in [6, 6.07) is 6.27. The van der Waals surface area contributed by atoms with E-state index in [1.807, 2.05) is 28.8 Å². The molecule has 126 valence electrons. The van der Waals surface area contributed by atoms with Crippen molar-refractivity contribution in [1.82, 2.24) is 25.1 Å². The van der Waals surface area contributed by atoms with E-state index in [1.165, 1.54) is 29.8 Å². The smallest absolute Gasteiger partial charge is 0.214 e. The first-order valence-electron chi connectivity index (χ1n) is 8.35. The average Bonchev–Trinajstić information content (AvgIpc) is 3.31. The van der Waals surface area contributed by atoms with E-state index in [2.05, 4.69) is 38.7 Å². The Hall–Kier alpha value is -1.57. The van der Waals surface area contributed by atoms with E-state index in [0.29, 0.717) is 5.92 Å². The lowest BCUT2D eigenvalue weighted by atomic mass is 9.98. The first-order valence-corrected chi connectivity index (χ1v) is 10.1. The molecule has 0 N–H and O–H groups in total. The largest absolute Gasteiger partial charge is 0.298 e. The molecule has 0 amide bonds. The lowest BCUT2D eigenvalue weighted by Gasteiger charge is -2.32. The molecule has 5 nitrogen and oxygen atoms in total. The summed E-state index contributed by atoms with van der Waals surface area (Å²) in [6.45, 7) is 6.45. The van der Waals surface area contributed by atoms with Crippen LogP contribution in [0.4, 0.5) is 0 Å². The molecule has 1 aliphatic rings. The Morgan fingerprint density at radius 1 is 1.25 bits per heavy atom. The lowest BCUT2D eigenvalue weighted by molar-refractivity contribution is 0.150. The minimum absolute atomic E-state index is 0.601. The van der Waals surface area contributed by atoms with Gasteiger partial charge in [0.1, 0.15) is 0 Å². The van der Waals surface area contributed by atoms with Crippen molar-refractivity contribution < 1.29 is 0 Å². The molecule has 24 heavy (non-hydrogen) atoms. The third-order valence-electron chi connectivity index (χ3n) is 4.55. The van der Waals surface area contributed by atoms with Gasteiger partial charge in [-0.1, -0.05) is 6.07 Å². The monoisotopic (exact) mass is 359 g/mol. The van der Waals surface area contributed by atoms with E-state index in [1.54, 1.807) is 16.1 Å². The highest BCUT2D eigenvalue weighted by atomic mass is 32.1. The zero-order chi connectivity index (χ0) is 16.4. The zero-order valence-corrected chi connectivity index (χ0v) is 15.4. The Morgan fingerprint density at radius 2 is 2.21 bits per heavy atom. The van der Waals surface area contributed by atoms with E-state index in [9.17, 15) is 0 Å². The van der Waals surface area contributed by atoms with Gasteiger partial charge in [0.15, 0.2) is 0 Å². The number of rotatable bonds is 5. The van der Waals surface area contributed by atoms with Crippen LogP contribution >= 0.6 is 22.7 Å². The topological polar surface area (TPSA) is 46.8 Å². The summed E-state index contributed by atoms with van der Waals surface area (Å²) in [5, 5.41) is 17.2. The minimum atomic E-state index is 0.601. The summed E-state index contributed by atoms with van der Waals surface area (Å²) in [6.07, 6.45) is 2.50. The number of aromatic nitrogens is 4. The van der Waals surface area contributed by atoms with Crippen LogP contribution in [0.3, 0.4) is 0 Å². The van der Waals surface area contributed by atoms with Crippen molar-refractivity contribution in [2.75, 3.05) is 13.1 Å². The normalized spacial score (nSPS) is 19.0. The van der Waals surface area contributed by atoms with Crippen LogP contribution < -0.4 is 0 Å². The molecule has 1 saturated heterocycles. The number of nitrogens with zero attached hydrogens (tertiary/aromatic N) is 5. The van der Waals surface area contributed by atoms with Gasteiger partial charge in [-0.25, -0.2) is 0 Å². The fourth-order valence-electron chi connectivity index (χ4n) is 3.27. The maximum absolute atomic E-state index is 4.55. The second-order valence-corrected chi connectivity index (χ2v) is 8.36. The number of tetrazole rings is 1. The van der Waals surface area contributed by atoms with Crippen molar-refractivity contribution in [3.63, 3.8) is 0 Å². The number of aryl methyl sites for hydroxylation is 1. The van der Waals surface area contributed by atoms with Gasteiger partial charge in [-0.2, -0.15) is 4.80 Å². The molecule has 3 aromatic rings. The van der Waals surface area contributed by atoms with Crippen molar-refractivity contribution in [1.29, 1.82) is 0 Å². The fourth-order valence-corrected chi connectivity index (χ4v) is 4.86. The number of thiophene rings is 2. The molecule has 7 heteroatoms. The zero-order valence-electron chi connectivity index (χ0n) is 13.8. The molecule has 1 aliphatic heterocycles. The molecule has 0 aliphatic carbocycles. The maximum Gasteiger partial charge on any atom is 0.214 e. The van der Waals surface area contributed by atoms with E-state index >= 15 is 0 Å². The highest BCUT2D eigenvalue weighted by Crippen LogP contribution is 2.24. The summed E-state index contributed by atoms with van der Waals surface area (Å²) in [4.78, 5) is 6.93. The Kier molecular flexibility index (Phi) is 4.73. The molecule has 0 unspecified atom stereocenters. The minimum Gasteiger partial charge on any atom is -0.298 e. The van der Waals surface area contributed by atoms with Crippen molar-refractivity contribution >= 4 is 22.7 Å². The molecule has 4 rings (SSSR count). The maximum atomic E-state index is 4.55. The summed E-state index contributed by atoms with van der Waals surface area (Å²) in [5.41, 5.74) is 1.42. The third-order valence-corrected chi connectivity index (χ3v) is 6.43. The van der Waals surface area contributed by atoms with Crippen LogP contribution in [-0.4, -0.2) is 38.2 Å². The van der Waals surface area contributed by atoms with Gasteiger partial charge in [0.25, 0.3) is 0 Å². The van der Waals surface area contributed by atoms with Crippen LogP contribution in [0.2, 0.25) is 0 Å². The van der Waals surface area contributed by atoms with E-state index < -0.39 is 0 Å². The molecule has 0 radical (unpaired) electrons. The van der Waals surface area contributed by atoms with Crippen LogP contribution in [0.25, 0.3) is 10.7 Å². The molecule has 3 aromatic heterocycles. The second-order valence-electron chi connectivity index (χ2n) is 6.42. The first-order chi connectivity index (χ1) is 11.8. The lowest BCUT2D eigenvalue weighted by Crippen LogP contribution is -2.36. The van der Waals surface area contributed by atoms with Gasteiger partial charge >= 0.3 is 0 Å². The predicted molar refractivity (Wildman–Crippen MR) is 98.2 cm³/mol. The Bertz CT molecular complexity index is 777. The van der Waals surface area contributed by atoms with Crippen LogP contribution in [0.1, 0.15) is 23.3 Å². The SMILES string of the molecule is Cc1ccsc1CN1CCC[C@@H](Cn2nnc(-c3cccs3)n2)C1. The predicted octanol–water partition coefficient (Wildman–Crippen LogP) is 3.68. The third kappa shape index (κ3) is 3.58. The van der Waals surface area contributed by atoms with Gasteiger partial charge in [0.2, 0.25) is 5.82 Å². The highest BCUT2D eigenvalue weighted by Gasteiger charge is 2.22. The average molecular weight is 360 g/mol. The number of likely N-dealkylation sites (tertiary alicyclic amines) is 1. The van der Waals surface area contributed by atoms with Gasteiger partial charge in [0, 0.05) is 18.0 Å². The molecule has 0 saturated carbocycles. The molecular formula is C17H21N5S2. The molecule has 4 heterocycles. The summed E-state index contributed by atoms with van der Waals surface area (Å²) < 4.78 is 0. The van der Waals surface area contributed by atoms with Gasteiger partial charge < -0.3 is 0 Å². The molecule has 1 fully saturated rings. The van der Waals surface area contributed by atoms with Gasteiger partial charge in [0.05, 0.1) is 11.4 Å². The van der Waals surface area contributed by atoms with Crippen molar-refractivity contribution in [2.24, 2.45) is 5.92 Å².